The third-order valence-corrected chi connectivity index (χ3v) is 3.20. The van der Waals surface area contributed by atoms with Crippen LogP contribution in [0.15, 0.2) is 34.8 Å². The summed E-state index contributed by atoms with van der Waals surface area (Å²) in [6.45, 7) is 6.94. The number of ether oxygens (including phenoxy) is 2. The molecule has 0 radical (unpaired) electrons. The minimum atomic E-state index is 0.426. The summed E-state index contributed by atoms with van der Waals surface area (Å²) < 4.78 is 11.2. The van der Waals surface area contributed by atoms with E-state index in [-0.39, 0.29) is 0 Å². The molecular formula is C14H11BrN2O2. The largest absolute Gasteiger partial charge is 0.491 e. The van der Waals surface area contributed by atoms with Crippen LogP contribution in [0.25, 0.3) is 16.1 Å². The third-order valence-electron chi connectivity index (χ3n) is 2.59. The second-order valence-electron chi connectivity index (χ2n) is 3.69. The summed E-state index contributed by atoms with van der Waals surface area (Å²) >= 11 is 3.47. The minimum Gasteiger partial charge on any atom is -0.491 e. The van der Waals surface area contributed by atoms with E-state index in [1.165, 1.54) is 0 Å². The van der Waals surface area contributed by atoms with Gasteiger partial charge in [-0.3, -0.25) is 0 Å². The summed E-state index contributed by atoms with van der Waals surface area (Å²) in [5, 5.41) is 0. The van der Waals surface area contributed by atoms with Crippen LogP contribution >= 0.6 is 15.9 Å². The lowest BCUT2D eigenvalue weighted by Crippen LogP contribution is -1.96. The van der Waals surface area contributed by atoms with Crippen molar-refractivity contribution >= 4 is 21.6 Å². The number of hydrogen-bond acceptors (Lipinski definition) is 3. The number of nitrogens with zero attached hydrogens (tertiary/aromatic N) is 2. The van der Waals surface area contributed by atoms with Gasteiger partial charge >= 0.3 is 0 Å². The van der Waals surface area contributed by atoms with Gasteiger partial charge in [0.1, 0.15) is 0 Å². The Hall–Kier alpha value is -2.06. The monoisotopic (exact) mass is 318 g/mol. The number of benzene rings is 1. The second-order valence-corrected chi connectivity index (χ2v) is 4.54. The molecule has 0 atom stereocenters. The van der Waals surface area contributed by atoms with Crippen molar-refractivity contribution in [2.24, 2.45) is 0 Å². The topological polar surface area (TPSA) is 35.7 Å². The number of halogens is 1. The van der Waals surface area contributed by atoms with Crippen molar-refractivity contribution in [3.63, 3.8) is 0 Å². The van der Waals surface area contributed by atoms with Gasteiger partial charge in [-0.05, 0) is 21.5 Å². The number of rotatable bonds is 3. The van der Waals surface area contributed by atoms with Gasteiger partial charge in [-0.25, -0.2) is 9.83 Å². The van der Waals surface area contributed by atoms with E-state index in [1.54, 1.807) is 26.4 Å². The highest BCUT2D eigenvalue weighted by Gasteiger charge is 2.12. The van der Waals surface area contributed by atoms with Crippen LogP contribution in [0, 0.1) is 6.57 Å². The molecule has 0 N–H and O–H groups in total. The average molecular weight is 319 g/mol. The van der Waals surface area contributed by atoms with Crippen molar-refractivity contribution < 1.29 is 9.47 Å². The molecule has 0 saturated carbocycles. The first kappa shape index (κ1) is 13.4. The summed E-state index contributed by atoms with van der Waals surface area (Å²) in [5.74, 6) is 0.992. The fourth-order valence-corrected chi connectivity index (χ4v) is 2.17. The summed E-state index contributed by atoms with van der Waals surface area (Å²) in [7, 11) is 3.11. The van der Waals surface area contributed by atoms with Crippen LogP contribution in [0.3, 0.4) is 0 Å². The van der Waals surface area contributed by atoms with Crippen molar-refractivity contribution in [2.45, 2.75) is 0 Å². The maximum absolute atomic E-state index is 6.94. The van der Waals surface area contributed by atoms with Crippen LogP contribution in [0.5, 0.6) is 11.6 Å². The summed E-state index contributed by atoms with van der Waals surface area (Å²) in [4.78, 5) is 7.78. The number of aromatic nitrogens is 1. The molecule has 1 aromatic carbocycles. The van der Waals surface area contributed by atoms with Crippen LogP contribution in [-0.4, -0.2) is 19.2 Å². The van der Waals surface area contributed by atoms with E-state index >= 15 is 0 Å². The Bertz CT molecular complexity index is 633. The molecule has 19 heavy (non-hydrogen) atoms. The third kappa shape index (κ3) is 2.69. The van der Waals surface area contributed by atoms with E-state index in [0.717, 1.165) is 15.7 Å². The van der Waals surface area contributed by atoms with Gasteiger partial charge in [0.25, 0.3) is 5.88 Å². The first-order valence-corrected chi connectivity index (χ1v) is 6.25. The Morgan fingerprint density at radius 2 is 1.84 bits per heavy atom. The first-order valence-electron chi connectivity index (χ1n) is 5.46. The summed E-state index contributed by atoms with van der Waals surface area (Å²) in [5.41, 5.74) is 2.25. The molecule has 2 aromatic rings. The van der Waals surface area contributed by atoms with Gasteiger partial charge in [0.05, 0.1) is 26.5 Å². The molecule has 0 saturated heterocycles. The van der Waals surface area contributed by atoms with E-state index in [1.807, 2.05) is 18.2 Å². The molecule has 0 bridgehead atoms. The molecule has 1 aromatic heterocycles. The number of hydrogen-bond donors (Lipinski definition) is 0. The Balaban J connectivity index is 2.52. The first-order chi connectivity index (χ1) is 9.19. The van der Waals surface area contributed by atoms with E-state index < -0.39 is 0 Å². The molecule has 4 nitrogen and oxygen atoms in total. The van der Waals surface area contributed by atoms with Gasteiger partial charge in [0.15, 0.2) is 11.4 Å². The highest BCUT2D eigenvalue weighted by Crippen LogP contribution is 2.35. The average Bonchev–Trinajstić information content (AvgIpc) is 2.47. The maximum Gasteiger partial charge on any atom is 0.257 e. The van der Waals surface area contributed by atoms with Gasteiger partial charge in [-0.15, -0.1) is 0 Å². The SMILES string of the molecule is [C-]#[N+]c1ccc(-c2nc(OC)c(OC)cc2Br)cc1. The van der Waals surface area contributed by atoms with Gasteiger partial charge in [-0.1, -0.05) is 24.3 Å². The Labute approximate surface area is 120 Å². The Morgan fingerprint density at radius 3 is 2.37 bits per heavy atom. The van der Waals surface area contributed by atoms with Crippen molar-refractivity contribution in [2.75, 3.05) is 14.2 Å². The molecule has 0 aliphatic heterocycles. The Morgan fingerprint density at radius 1 is 1.16 bits per heavy atom. The standard InChI is InChI=1S/C14H11BrN2O2/c1-16-10-6-4-9(5-7-10)13-11(15)8-12(18-2)14(17-13)19-3/h4-8H,2-3H3. The Kier molecular flexibility index (Phi) is 4.03. The molecule has 0 aliphatic carbocycles. The van der Waals surface area contributed by atoms with Crippen LogP contribution in [0.2, 0.25) is 0 Å². The minimum absolute atomic E-state index is 0.426. The number of pyridine rings is 1. The zero-order valence-electron chi connectivity index (χ0n) is 10.5. The van der Waals surface area contributed by atoms with Gasteiger partial charge in [0.2, 0.25) is 0 Å². The predicted molar refractivity (Wildman–Crippen MR) is 76.7 cm³/mol. The zero-order chi connectivity index (χ0) is 13.8. The van der Waals surface area contributed by atoms with E-state index in [2.05, 4.69) is 25.8 Å². The molecule has 0 spiro atoms. The molecule has 0 amide bonds. The maximum atomic E-state index is 6.94. The van der Waals surface area contributed by atoms with E-state index in [4.69, 9.17) is 16.0 Å². The molecule has 0 aliphatic rings. The summed E-state index contributed by atoms with van der Waals surface area (Å²) in [6, 6.07) is 9.03. The number of methoxy groups -OCH3 is 2. The van der Waals surface area contributed by atoms with Crippen LogP contribution in [0.1, 0.15) is 0 Å². The molecule has 5 heteroatoms. The zero-order valence-corrected chi connectivity index (χ0v) is 12.1. The smallest absolute Gasteiger partial charge is 0.257 e. The molecule has 96 valence electrons. The molecular weight excluding hydrogens is 308 g/mol. The lowest BCUT2D eigenvalue weighted by molar-refractivity contribution is 0.343. The molecule has 2 rings (SSSR count). The van der Waals surface area contributed by atoms with Crippen molar-refractivity contribution in [3.8, 4) is 22.9 Å². The second kappa shape index (κ2) is 5.72. The van der Waals surface area contributed by atoms with E-state index in [9.17, 15) is 0 Å². The van der Waals surface area contributed by atoms with Gasteiger partial charge in [-0.2, -0.15) is 0 Å². The van der Waals surface area contributed by atoms with Crippen molar-refractivity contribution in [3.05, 3.63) is 46.2 Å². The summed E-state index contributed by atoms with van der Waals surface area (Å²) in [6.07, 6.45) is 0. The lowest BCUT2D eigenvalue weighted by atomic mass is 10.1. The fraction of sp³-hybridized carbons (Fsp3) is 0.143. The highest BCUT2D eigenvalue weighted by molar-refractivity contribution is 9.10. The molecule has 0 unspecified atom stereocenters. The van der Waals surface area contributed by atoms with Crippen LogP contribution in [-0.2, 0) is 0 Å². The normalized spacial score (nSPS) is 9.79. The van der Waals surface area contributed by atoms with Crippen molar-refractivity contribution in [1.82, 2.24) is 4.98 Å². The van der Waals surface area contributed by atoms with Crippen LogP contribution in [0.4, 0.5) is 5.69 Å². The highest BCUT2D eigenvalue weighted by atomic mass is 79.9. The van der Waals surface area contributed by atoms with E-state index in [0.29, 0.717) is 17.3 Å². The van der Waals surface area contributed by atoms with Gasteiger partial charge in [0, 0.05) is 10.5 Å². The van der Waals surface area contributed by atoms with Crippen LogP contribution < -0.4 is 9.47 Å². The van der Waals surface area contributed by atoms with Gasteiger partial charge < -0.3 is 9.47 Å². The molecule has 1 heterocycles. The fourth-order valence-electron chi connectivity index (χ4n) is 1.64. The molecule has 0 fully saturated rings. The quantitative estimate of drug-likeness (QED) is 0.800. The predicted octanol–water partition coefficient (Wildman–Crippen LogP) is 4.08. The van der Waals surface area contributed by atoms with Crippen molar-refractivity contribution in [1.29, 1.82) is 0 Å². The lowest BCUT2D eigenvalue weighted by Gasteiger charge is -2.10.